The Bertz CT molecular complexity index is 3970. The van der Waals surface area contributed by atoms with Gasteiger partial charge in [-0.25, -0.2) is 0 Å². The standard InChI is InChI=1S/C82H100N6/c1-17-75(18-2)33-37-79(25-9,26-10)69-57-53(41-49(45-83)65(69)75)87-54-42-50(46-84)67-71(81(29-13,30-14)39-35-77(67,21-5)22-6)59(54)63-64-60-56(44-52(48-86)68-72(60)82(31-15,32-16)40-36-78(68,23-7)24-8)88-55-43-51(47-85)66-70(58(55)62(74(64)88)61(57)73(63)87)80(27-11,28-12)38-34-76(66,19-3)20-4/h41-44H,17-40H2,1-16H3. The minimum absolute atomic E-state index is 0.179. The molecular weight excluding hydrogens is 1070 g/mol. The summed E-state index contributed by atoms with van der Waals surface area (Å²) in [5.74, 6) is 0. The lowest BCUT2D eigenvalue weighted by Crippen LogP contribution is -2.41. The molecule has 4 aliphatic rings. The Labute approximate surface area is 526 Å². The molecule has 0 N–H and O–H groups in total. The van der Waals surface area contributed by atoms with Gasteiger partial charge in [0.25, 0.3) is 0 Å². The van der Waals surface area contributed by atoms with Crippen LogP contribution in [-0.4, -0.2) is 8.80 Å². The third-order valence-electron chi connectivity index (χ3n) is 29.0. The maximum atomic E-state index is 12.1. The Morgan fingerprint density at radius 1 is 0.250 bits per heavy atom. The van der Waals surface area contributed by atoms with Crippen LogP contribution >= 0.6 is 0 Å². The second-order valence-electron chi connectivity index (χ2n) is 29.5. The number of rotatable bonds is 16. The highest BCUT2D eigenvalue weighted by molar-refractivity contribution is 6.46. The van der Waals surface area contributed by atoms with Gasteiger partial charge in [-0.1, -0.05) is 111 Å². The van der Waals surface area contributed by atoms with Gasteiger partial charge in [0.1, 0.15) is 0 Å². The molecular formula is C82H100N6. The van der Waals surface area contributed by atoms with Crippen molar-refractivity contribution in [2.24, 2.45) is 0 Å². The maximum Gasteiger partial charge on any atom is 0.0995 e. The average Bonchev–Trinajstić information content (AvgIpc) is 1.51. The summed E-state index contributed by atoms with van der Waals surface area (Å²) in [7, 11) is 0. The Hall–Kier alpha value is -6.34. The molecule has 458 valence electrons. The van der Waals surface area contributed by atoms with Crippen LogP contribution in [-0.2, 0) is 43.3 Å². The summed E-state index contributed by atoms with van der Waals surface area (Å²) in [6.45, 7) is 38.5. The Kier molecular flexibility index (Phi) is 14.2. The molecule has 9 aromatic rings. The quantitative estimate of drug-likeness (QED) is 0.0961. The van der Waals surface area contributed by atoms with Crippen LogP contribution in [0.5, 0.6) is 0 Å². The van der Waals surface area contributed by atoms with Crippen molar-refractivity contribution in [2.45, 2.75) is 308 Å². The summed E-state index contributed by atoms with van der Waals surface area (Å²) in [4.78, 5) is 0. The van der Waals surface area contributed by atoms with Crippen LogP contribution in [0.3, 0.4) is 0 Å². The number of hydrogen-bond acceptors (Lipinski definition) is 4. The molecule has 4 heterocycles. The number of aromatic nitrogens is 2. The van der Waals surface area contributed by atoms with Crippen molar-refractivity contribution in [3.05, 3.63) is 91.0 Å². The van der Waals surface area contributed by atoms with Gasteiger partial charge >= 0.3 is 0 Å². The SMILES string of the molecule is CCC1(CC)CCC(CC)(CC)c2c1c(C#N)cc1c2c2c3c4c5c(c(C#N)cc4n4c6cc(C#N)c7c(c6c(c6c8c9c(c(C#N)cc8n1c26)C(CC)(CC)CCC9(CC)CC)c34)C(CC)(CC)CCC7(CC)CC)C(CC)(CC)CCC5(CC)CC. The van der Waals surface area contributed by atoms with Gasteiger partial charge in [0.2, 0.25) is 0 Å². The number of nitriles is 4. The Morgan fingerprint density at radius 3 is 0.534 bits per heavy atom. The normalized spacial score (nSPS) is 20.0. The van der Waals surface area contributed by atoms with Gasteiger partial charge < -0.3 is 8.80 Å². The number of fused-ring (bicyclic) bond motifs is 22. The molecule has 6 nitrogen and oxygen atoms in total. The Balaban J connectivity index is 1.53. The fourth-order valence-electron chi connectivity index (χ4n) is 22.5. The smallest absolute Gasteiger partial charge is 0.0995 e. The highest BCUT2D eigenvalue weighted by atomic mass is 15.0. The highest BCUT2D eigenvalue weighted by Gasteiger charge is 2.54. The zero-order valence-corrected chi connectivity index (χ0v) is 57.0. The predicted molar refractivity (Wildman–Crippen MR) is 370 cm³/mol. The second kappa shape index (κ2) is 20.6. The van der Waals surface area contributed by atoms with Gasteiger partial charge in [-0.15, -0.1) is 0 Å². The van der Waals surface area contributed by atoms with E-state index in [9.17, 15) is 21.0 Å². The summed E-state index contributed by atoms with van der Waals surface area (Å²) in [6.07, 6.45) is 23.8. The number of nitrogens with zero attached hydrogens (tertiary/aromatic N) is 6. The summed E-state index contributed by atoms with van der Waals surface area (Å²) in [6, 6.07) is 21.4. The second-order valence-corrected chi connectivity index (χ2v) is 29.5. The summed E-state index contributed by atoms with van der Waals surface area (Å²) < 4.78 is 5.36. The summed E-state index contributed by atoms with van der Waals surface area (Å²) in [5, 5.41) is 58.8. The molecule has 88 heavy (non-hydrogen) atoms. The van der Waals surface area contributed by atoms with E-state index in [0.717, 1.165) is 198 Å². The van der Waals surface area contributed by atoms with Crippen LogP contribution in [0.15, 0.2) is 24.3 Å². The topological polar surface area (TPSA) is 104 Å². The molecule has 13 rings (SSSR count). The third kappa shape index (κ3) is 6.78. The molecule has 6 heteroatoms. The minimum atomic E-state index is -0.201. The van der Waals surface area contributed by atoms with E-state index in [-0.39, 0.29) is 43.3 Å². The maximum absolute atomic E-state index is 12.1. The molecule has 4 aromatic heterocycles. The lowest BCUT2D eigenvalue weighted by molar-refractivity contribution is 0.241. The molecule has 4 aliphatic carbocycles. The van der Waals surface area contributed by atoms with E-state index in [1.165, 1.54) is 98.6 Å². The highest BCUT2D eigenvalue weighted by Crippen LogP contribution is 2.67. The van der Waals surface area contributed by atoms with E-state index in [0.29, 0.717) is 0 Å². The molecule has 0 atom stereocenters. The summed E-state index contributed by atoms with van der Waals surface area (Å²) >= 11 is 0. The first kappa shape index (κ1) is 60.6. The van der Waals surface area contributed by atoms with Crippen LogP contribution < -0.4 is 0 Å². The van der Waals surface area contributed by atoms with Crippen molar-refractivity contribution < 1.29 is 0 Å². The lowest BCUT2D eigenvalue weighted by atomic mass is 9.54. The van der Waals surface area contributed by atoms with Gasteiger partial charge in [0.05, 0.1) is 79.6 Å². The van der Waals surface area contributed by atoms with Crippen molar-refractivity contribution in [1.82, 2.24) is 8.80 Å². The third-order valence-corrected chi connectivity index (χ3v) is 29.0. The molecule has 0 radical (unpaired) electrons. The molecule has 5 aromatic carbocycles. The van der Waals surface area contributed by atoms with Crippen molar-refractivity contribution in [3.8, 4) is 24.3 Å². The summed E-state index contributed by atoms with van der Waals surface area (Å²) in [5.41, 5.74) is 19.5. The van der Waals surface area contributed by atoms with E-state index >= 15 is 0 Å². The first-order valence-electron chi connectivity index (χ1n) is 35.8. The van der Waals surface area contributed by atoms with Gasteiger partial charge in [0.15, 0.2) is 0 Å². The van der Waals surface area contributed by atoms with Crippen LogP contribution in [0, 0.1) is 45.3 Å². The molecule has 0 bridgehead atoms. The molecule has 0 fully saturated rings. The van der Waals surface area contributed by atoms with Crippen LogP contribution in [0.4, 0.5) is 0 Å². The lowest BCUT2D eigenvalue weighted by Gasteiger charge is -2.49. The number of hydrogen-bond donors (Lipinski definition) is 0. The number of benzene rings is 5. The molecule has 0 amide bonds. The molecule has 0 spiro atoms. The van der Waals surface area contributed by atoms with Gasteiger partial charge in [-0.3, -0.25) is 0 Å². The van der Waals surface area contributed by atoms with Crippen LogP contribution in [0.2, 0.25) is 0 Å². The van der Waals surface area contributed by atoms with Crippen molar-refractivity contribution in [3.63, 3.8) is 0 Å². The molecule has 0 aliphatic heterocycles. The zero-order chi connectivity index (χ0) is 62.8. The minimum Gasteiger partial charge on any atom is -0.308 e. The van der Waals surface area contributed by atoms with E-state index in [1.54, 1.807) is 0 Å². The van der Waals surface area contributed by atoms with Crippen LogP contribution in [0.1, 0.15) is 332 Å². The average molecular weight is 1170 g/mol. The Morgan fingerprint density at radius 2 is 0.398 bits per heavy atom. The molecule has 0 saturated carbocycles. The monoisotopic (exact) mass is 1170 g/mol. The van der Waals surface area contributed by atoms with E-state index in [1.807, 2.05) is 0 Å². The predicted octanol–water partition coefficient (Wildman–Crippen LogP) is 23.1. The first-order chi connectivity index (χ1) is 42.5. The van der Waals surface area contributed by atoms with Crippen molar-refractivity contribution in [2.75, 3.05) is 0 Å². The fraction of sp³-hybridized carbons (Fsp3) is 0.585. The van der Waals surface area contributed by atoms with Gasteiger partial charge in [-0.2, -0.15) is 21.0 Å². The van der Waals surface area contributed by atoms with Crippen molar-refractivity contribution in [1.29, 1.82) is 21.0 Å². The van der Waals surface area contributed by atoms with Gasteiger partial charge in [0, 0.05) is 43.1 Å². The molecule has 0 saturated heterocycles. The molecule has 0 unspecified atom stereocenters. The van der Waals surface area contributed by atoms with Crippen molar-refractivity contribution >= 4 is 76.2 Å². The van der Waals surface area contributed by atoms with E-state index in [4.69, 9.17) is 0 Å². The zero-order valence-electron chi connectivity index (χ0n) is 57.0. The first-order valence-corrected chi connectivity index (χ1v) is 35.8. The van der Waals surface area contributed by atoms with E-state index < -0.39 is 0 Å². The van der Waals surface area contributed by atoms with Gasteiger partial charge in [-0.05, 0) is 266 Å². The largest absolute Gasteiger partial charge is 0.308 e. The van der Waals surface area contributed by atoms with Crippen LogP contribution in [0.25, 0.3) is 76.2 Å². The fourth-order valence-corrected chi connectivity index (χ4v) is 22.5. The van der Waals surface area contributed by atoms with E-state index in [2.05, 4.69) is 168 Å².